The Morgan fingerprint density at radius 3 is 2.40 bits per heavy atom. The van der Waals surface area contributed by atoms with Crippen molar-refractivity contribution in [1.82, 2.24) is 0 Å². The molecule has 0 aromatic rings. The molecule has 0 aromatic heterocycles. The molecule has 1 aliphatic rings. The van der Waals surface area contributed by atoms with Gasteiger partial charge in [0.2, 0.25) is 6.54 Å². The average Bonchev–Trinajstić information content (AvgIpc) is 2.18. The molecule has 1 rings (SSSR count). The summed E-state index contributed by atoms with van der Waals surface area (Å²) in [5.74, 6) is -4.23. The highest BCUT2D eigenvalue weighted by molar-refractivity contribution is 4.85. The first-order chi connectivity index (χ1) is 6.94. The molecule has 15 heavy (non-hydrogen) atoms. The van der Waals surface area contributed by atoms with Gasteiger partial charge in [-0.1, -0.05) is 19.3 Å². The minimum Gasteiger partial charge on any atom is -0.381 e. The van der Waals surface area contributed by atoms with Gasteiger partial charge in [-0.05, 0) is 12.8 Å². The van der Waals surface area contributed by atoms with Crippen LogP contribution in [0.5, 0.6) is 0 Å². The van der Waals surface area contributed by atoms with Gasteiger partial charge < -0.3 is 5.11 Å². The standard InChI is InChI=1S/C9H15F2NO3/c10-9(11,8(13)6-12(14)15)7-4-2-1-3-5-7/h7-8,13H,1-6H2/t8-/m0/s1. The van der Waals surface area contributed by atoms with E-state index in [9.17, 15) is 18.9 Å². The lowest BCUT2D eigenvalue weighted by Crippen LogP contribution is -2.45. The van der Waals surface area contributed by atoms with Crippen LogP contribution in [0, 0.1) is 16.0 Å². The van der Waals surface area contributed by atoms with Crippen molar-refractivity contribution in [2.24, 2.45) is 5.92 Å². The van der Waals surface area contributed by atoms with Gasteiger partial charge in [-0.2, -0.15) is 0 Å². The van der Waals surface area contributed by atoms with E-state index in [-0.39, 0.29) is 0 Å². The highest BCUT2D eigenvalue weighted by atomic mass is 19.3. The van der Waals surface area contributed by atoms with Crippen molar-refractivity contribution in [3.8, 4) is 0 Å². The van der Waals surface area contributed by atoms with Gasteiger partial charge in [0, 0.05) is 10.8 Å². The quantitative estimate of drug-likeness (QED) is 0.584. The first-order valence-electron chi connectivity index (χ1n) is 5.12. The summed E-state index contributed by atoms with van der Waals surface area (Å²) in [6.07, 6.45) is 0.897. The Kier molecular flexibility index (Phi) is 3.96. The van der Waals surface area contributed by atoms with Crippen LogP contribution >= 0.6 is 0 Å². The molecule has 1 fully saturated rings. The summed E-state index contributed by atoms with van der Waals surface area (Å²) in [5.41, 5.74) is 0. The molecule has 6 heteroatoms. The second-order valence-corrected chi connectivity index (χ2v) is 4.04. The fraction of sp³-hybridized carbons (Fsp3) is 1.00. The van der Waals surface area contributed by atoms with Crippen molar-refractivity contribution >= 4 is 0 Å². The summed E-state index contributed by atoms with van der Waals surface area (Å²) in [6.45, 7) is -1.08. The summed E-state index contributed by atoms with van der Waals surface area (Å²) in [7, 11) is 0. The maximum atomic E-state index is 13.5. The lowest BCUT2D eigenvalue weighted by Gasteiger charge is -2.31. The summed E-state index contributed by atoms with van der Waals surface area (Å²) >= 11 is 0. The van der Waals surface area contributed by atoms with E-state index in [4.69, 9.17) is 5.11 Å². The normalized spacial score (nSPS) is 21.3. The van der Waals surface area contributed by atoms with Crippen LogP contribution in [0.4, 0.5) is 8.78 Å². The summed E-state index contributed by atoms with van der Waals surface area (Å²) in [6, 6.07) is 0. The van der Waals surface area contributed by atoms with Crippen molar-refractivity contribution in [3.05, 3.63) is 10.1 Å². The molecule has 0 bridgehead atoms. The molecule has 0 amide bonds. The van der Waals surface area contributed by atoms with Gasteiger partial charge >= 0.3 is 0 Å². The van der Waals surface area contributed by atoms with Crippen LogP contribution in [0.1, 0.15) is 32.1 Å². The number of aliphatic hydroxyl groups is 1. The van der Waals surface area contributed by atoms with E-state index in [1.807, 2.05) is 0 Å². The van der Waals surface area contributed by atoms with Gasteiger partial charge in [0.25, 0.3) is 5.92 Å². The van der Waals surface area contributed by atoms with Crippen LogP contribution in [-0.4, -0.2) is 28.6 Å². The summed E-state index contributed by atoms with van der Waals surface area (Å²) < 4.78 is 27.0. The number of alkyl halides is 2. The molecule has 88 valence electrons. The fourth-order valence-electron chi connectivity index (χ4n) is 2.02. The van der Waals surface area contributed by atoms with Gasteiger partial charge in [-0.25, -0.2) is 8.78 Å². The number of aliphatic hydroxyl groups excluding tert-OH is 1. The molecule has 0 unspecified atom stereocenters. The molecule has 1 atom stereocenters. The molecule has 1 saturated carbocycles. The lowest BCUT2D eigenvalue weighted by atomic mass is 9.82. The van der Waals surface area contributed by atoms with Gasteiger partial charge in [0.1, 0.15) is 0 Å². The zero-order valence-corrected chi connectivity index (χ0v) is 8.36. The van der Waals surface area contributed by atoms with Crippen molar-refractivity contribution in [1.29, 1.82) is 0 Å². The monoisotopic (exact) mass is 223 g/mol. The van der Waals surface area contributed by atoms with E-state index >= 15 is 0 Å². The number of nitrogens with zero attached hydrogens (tertiary/aromatic N) is 1. The molecule has 4 nitrogen and oxygen atoms in total. The zero-order chi connectivity index (χ0) is 11.5. The minimum absolute atomic E-state index is 0.349. The Morgan fingerprint density at radius 1 is 1.40 bits per heavy atom. The van der Waals surface area contributed by atoms with Crippen LogP contribution in [0.3, 0.4) is 0 Å². The third-order valence-corrected chi connectivity index (χ3v) is 2.92. The van der Waals surface area contributed by atoms with Crippen LogP contribution in [0.25, 0.3) is 0 Å². The lowest BCUT2D eigenvalue weighted by molar-refractivity contribution is -0.498. The Bertz CT molecular complexity index is 229. The van der Waals surface area contributed by atoms with Crippen molar-refractivity contribution in [3.63, 3.8) is 0 Å². The van der Waals surface area contributed by atoms with Gasteiger partial charge in [-0.15, -0.1) is 0 Å². The van der Waals surface area contributed by atoms with Crippen molar-refractivity contribution in [2.75, 3.05) is 6.54 Å². The van der Waals surface area contributed by atoms with Crippen molar-refractivity contribution < 1.29 is 18.8 Å². The van der Waals surface area contributed by atoms with Crippen LogP contribution in [0.15, 0.2) is 0 Å². The Morgan fingerprint density at radius 2 is 1.93 bits per heavy atom. The molecule has 0 aromatic carbocycles. The summed E-state index contributed by atoms with van der Waals surface area (Å²) in [5, 5.41) is 19.2. The molecule has 1 aliphatic carbocycles. The number of halogens is 2. The number of nitro groups is 1. The third-order valence-electron chi connectivity index (χ3n) is 2.92. The Hall–Kier alpha value is -0.780. The molecule has 0 heterocycles. The van der Waals surface area contributed by atoms with E-state index in [0.29, 0.717) is 25.7 Å². The Balaban J connectivity index is 2.58. The average molecular weight is 223 g/mol. The van der Waals surface area contributed by atoms with E-state index in [0.717, 1.165) is 6.42 Å². The summed E-state index contributed by atoms with van der Waals surface area (Å²) in [4.78, 5) is 9.15. The SMILES string of the molecule is O=[N+]([O-])C[C@H](O)C(F)(F)C1CCCCC1. The number of hydrogen-bond acceptors (Lipinski definition) is 3. The topological polar surface area (TPSA) is 63.4 Å². The maximum Gasteiger partial charge on any atom is 0.282 e. The minimum atomic E-state index is -3.33. The van der Waals surface area contributed by atoms with Gasteiger partial charge in [-0.3, -0.25) is 10.1 Å². The second-order valence-electron chi connectivity index (χ2n) is 4.04. The molecule has 0 spiro atoms. The first kappa shape index (κ1) is 12.3. The molecular formula is C9H15F2NO3. The van der Waals surface area contributed by atoms with Gasteiger partial charge in [0.05, 0.1) is 0 Å². The molecule has 0 radical (unpaired) electrons. The smallest absolute Gasteiger partial charge is 0.282 e. The fourth-order valence-corrected chi connectivity index (χ4v) is 2.02. The van der Waals surface area contributed by atoms with Crippen LogP contribution in [-0.2, 0) is 0 Å². The largest absolute Gasteiger partial charge is 0.381 e. The van der Waals surface area contributed by atoms with Gasteiger partial charge in [0.15, 0.2) is 6.10 Å². The third kappa shape index (κ3) is 3.09. The highest BCUT2D eigenvalue weighted by Gasteiger charge is 2.48. The predicted octanol–water partition coefficient (Wildman–Crippen LogP) is 1.84. The molecule has 0 aliphatic heterocycles. The van der Waals surface area contributed by atoms with E-state index in [1.165, 1.54) is 0 Å². The van der Waals surface area contributed by atoms with Crippen LogP contribution in [0.2, 0.25) is 0 Å². The highest BCUT2D eigenvalue weighted by Crippen LogP contribution is 2.38. The molecular weight excluding hydrogens is 208 g/mol. The van der Waals surface area contributed by atoms with E-state index in [1.54, 1.807) is 0 Å². The second kappa shape index (κ2) is 4.83. The first-order valence-corrected chi connectivity index (χ1v) is 5.12. The van der Waals surface area contributed by atoms with E-state index in [2.05, 4.69) is 0 Å². The Labute approximate surface area is 86.4 Å². The van der Waals surface area contributed by atoms with E-state index < -0.39 is 29.4 Å². The van der Waals surface area contributed by atoms with Crippen molar-refractivity contribution in [2.45, 2.75) is 44.1 Å². The number of hydrogen-bond donors (Lipinski definition) is 1. The molecule has 0 saturated heterocycles. The number of rotatable bonds is 4. The predicted molar refractivity (Wildman–Crippen MR) is 49.4 cm³/mol. The zero-order valence-electron chi connectivity index (χ0n) is 8.36. The van der Waals surface area contributed by atoms with Crippen LogP contribution < -0.4 is 0 Å². The maximum absolute atomic E-state index is 13.5. The molecule has 1 N–H and O–H groups in total.